The van der Waals surface area contributed by atoms with Crippen LogP contribution in [0, 0.1) is 5.82 Å². The number of amides is 1. The molecule has 0 saturated carbocycles. The lowest BCUT2D eigenvalue weighted by Gasteiger charge is -2.09. The molecular weight excluding hydrogens is 315 g/mol. The van der Waals surface area contributed by atoms with E-state index < -0.39 is 5.82 Å². The maximum Gasteiger partial charge on any atom is 0.237 e. The third kappa shape index (κ3) is 4.29. The Hall–Kier alpha value is -2.48. The first kappa shape index (κ1) is 16.4. The fourth-order valence-corrected chi connectivity index (χ4v) is 2.48. The van der Waals surface area contributed by atoms with Crippen LogP contribution in [0.15, 0.2) is 28.8 Å². The lowest BCUT2D eigenvalue weighted by atomic mass is 10.2. The molecule has 2 heterocycles. The van der Waals surface area contributed by atoms with Crippen molar-refractivity contribution in [1.82, 2.24) is 20.8 Å². The van der Waals surface area contributed by atoms with Crippen LogP contribution in [0.25, 0.3) is 0 Å². The van der Waals surface area contributed by atoms with Crippen molar-refractivity contribution in [2.75, 3.05) is 13.1 Å². The number of nitrogens with zero attached hydrogens (tertiary/aromatic N) is 2. The van der Waals surface area contributed by atoms with Crippen LogP contribution < -0.4 is 15.4 Å². The van der Waals surface area contributed by atoms with Crippen molar-refractivity contribution in [2.24, 2.45) is 0 Å². The quantitative estimate of drug-likeness (QED) is 0.791. The number of carbonyl (C=O) groups excluding carboxylic acids is 1. The molecule has 1 aliphatic heterocycles. The zero-order valence-electron chi connectivity index (χ0n) is 13.1. The number of para-hydroxylation sites is 1. The molecule has 1 aliphatic rings. The Kier molecular flexibility index (Phi) is 5.37. The molecule has 8 heteroatoms. The van der Waals surface area contributed by atoms with Gasteiger partial charge in [0.2, 0.25) is 17.6 Å². The zero-order valence-corrected chi connectivity index (χ0v) is 13.1. The van der Waals surface area contributed by atoms with Gasteiger partial charge in [0, 0.05) is 13.0 Å². The van der Waals surface area contributed by atoms with Crippen molar-refractivity contribution >= 4 is 5.91 Å². The molecule has 24 heavy (non-hydrogen) atoms. The van der Waals surface area contributed by atoms with Gasteiger partial charge in [-0.05, 0) is 31.5 Å². The van der Waals surface area contributed by atoms with Crippen LogP contribution in [-0.2, 0) is 17.8 Å². The number of rotatable bonds is 7. The van der Waals surface area contributed by atoms with E-state index in [1.54, 1.807) is 12.1 Å². The van der Waals surface area contributed by atoms with Crippen LogP contribution in [-0.4, -0.2) is 35.2 Å². The maximum absolute atomic E-state index is 13.4. The monoisotopic (exact) mass is 334 g/mol. The van der Waals surface area contributed by atoms with Gasteiger partial charge in [-0.3, -0.25) is 4.79 Å². The van der Waals surface area contributed by atoms with Crippen molar-refractivity contribution in [3.05, 3.63) is 41.8 Å². The Bertz CT molecular complexity index is 685. The van der Waals surface area contributed by atoms with Crippen LogP contribution in [0.2, 0.25) is 0 Å². The van der Waals surface area contributed by atoms with E-state index in [2.05, 4.69) is 20.8 Å². The number of hydrogen-bond donors (Lipinski definition) is 2. The molecule has 1 atom stereocenters. The molecule has 2 aromatic rings. The van der Waals surface area contributed by atoms with Gasteiger partial charge >= 0.3 is 0 Å². The predicted octanol–water partition coefficient (Wildman–Crippen LogP) is 1.20. The fourth-order valence-electron chi connectivity index (χ4n) is 2.48. The van der Waals surface area contributed by atoms with Crippen molar-refractivity contribution in [2.45, 2.75) is 31.9 Å². The van der Waals surface area contributed by atoms with Crippen molar-refractivity contribution in [1.29, 1.82) is 0 Å². The maximum atomic E-state index is 13.4. The first-order chi connectivity index (χ1) is 11.7. The summed E-state index contributed by atoms with van der Waals surface area (Å²) in [5, 5.41) is 9.75. The Morgan fingerprint density at radius 1 is 1.46 bits per heavy atom. The van der Waals surface area contributed by atoms with E-state index in [9.17, 15) is 9.18 Å². The number of hydrogen-bond acceptors (Lipinski definition) is 6. The summed E-state index contributed by atoms with van der Waals surface area (Å²) in [4.78, 5) is 16.0. The summed E-state index contributed by atoms with van der Waals surface area (Å²) >= 11 is 0. The van der Waals surface area contributed by atoms with Crippen LogP contribution in [0.1, 0.15) is 24.6 Å². The minimum absolute atomic E-state index is 0.00451. The Labute approximate surface area is 138 Å². The van der Waals surface area contributed by atoms with E-state index in [0.717, 1.165) is 19.4 Å². The second kappa shape index (κ2) is 7.87. The molecule has 1 unspecified atom stereocenters. The number of nitrogens with one attached hydrogen (secondary N) is 2. The molecule has 1 aromatic carbocycles. The lowest BCUT2D eigenvalue weighted by molar-refractivity contribution is -0.122. The van der Waals surface area contributed by atoms with Gasteiger partial charge in [0.05, 0.1) is 6.04 Å². The van der Waals surface area contributed by atoms with Crippen LogP contribution >= 0.6 is 0 Å². The minimum atomic E-state index is -0.440. The number of aromatic nitrogens is 2. The largest absolute Gasteiger partial charge is 0.482 e. The van der Waals surface area contributed by atoms with Crippen LogP contribution in [0.4, 0.5) is 4.39 Å². The van der Waals surface area contributed by atoms with Gasteiger partial charge in [0.15, 0.2) is 18.2 Å². The van der Waals surface area contributed by atoms with Gasteiger partial charge in [-0.1, -0.05) is 17.3 Å². The molecule has 0 bridgehead atoms. The Morgan fingerprint density at radius 2 is 2.33 bits per heavy atom. The first-order valence-electron chi connectivity index (χ1n) is 7.92. The normalized spacial score (nSPS) is 17.0. The van der Waals surface area contributed by atoms with E-state index in [4.69, 9.17) is 9.26 Å². The van der Waals surface area contributed by atoms with E-state index in [1.165, 1.54) is 12.1 Å². The van der Waals surface area contributed by atoms with E-state index in [-0.39, 0.29) is 24.3 Å². The topological polar surface area (TPSA) is 89.3 Å². The number of ether oxygens (including phenoxy) is 1. The van der Waals surface area contributed by atoms with Crippen LogP contribution in [0.3, 0.4) is 0 Å². The summed E-state index contributed by atoms with van der Waals surface area (Å²) in [6.07, 6.45) is 2.32. The molecular formula is C16H19FN4O3. The number of halogens is 1. The van der Waals surface area contributed by atoms with Gasteiger partial charge in [0.1, 0.15) is 0 Å². The lowest BCUT2D eigenvalue weighted by Crippen LogP contribution is -2.41. The Balaban J connectivity index is 1.42. The van der Waals surface area contributed by atoms with Gasteiger partial charge in [-0.25, -0.2) is 4.39 Å². The highest BCUT2D eigenvalue weighted by molar-refractivity contribution is 5.81. The third-order valence-electron chi connectivity index (χ3n) is 3.72. The zero-order chi connectivity index (χ0) is 16.8. The second-order valence-electron chi connectivity index (χ2n) is 5.51. The average molecular weight is 334 g/mol. The molecule has 7 nitrogen and oxygen atoms in total. The molecule has 1 saturated heterocycles. The van der Waals surface area contributed by atoms with Gasteiger partial charge in [0.25, 0.3) is 0 Å². The second-order valence-corrected chi connectivity index (χ2v) is 5.51. The standard InChI is InChI=1S/C16H19FN4O3/c17-11-4-1-2-6-13(11)23-10-14-20-15(24-21-14)7-9-19-16(22)12-5-3-8-18-12/h1-2,4,6,12,18H,3,5,7-10H2,(H,19,22). The SMILES string of the molecule is O=C(NCCc1nc(COc2ccccc2F)no1)C1CCCN1. The number of benzene rings is 1. The molecule has 1 fully saturated rings. The molecule has 0 spiro atoms. The third-order valence-corrected chi connectivity index (χ3v) is 3.72. The summed E-state index contributed by atoms with van der Waals surface area (Å²) < 4.78 is 23.8. The average Bonchev–Trinajstić information content (AvgIpc) is 3.26. The first-order valence-corrected chi connectivity index (χ1v) is 7.92. The Morgan fingerprint density at radius 3 is 3.12 bits per heavy atom. The van der Waals surface area contributed by atoms with Crippen molar-refractivity contribution in [3.8, 4) is 5.75 Å². The number of carbonyl (C=O) groups is 1. The summed E-state index contributed by atoms with van der Waals surface area (Å²) in [5.74, 6) is 0.429. The van der Waals surface area contributed by atoms with E-state index in [0.29, 0.717) is 24.7 Å². The molecule has 3 rings (SSSR count). The molecule has 1 amide bonds. The van der Waals surface area contributed by atoms with Crippen LogP contribution in [0.5, 0.6) is 5.75 Å². The molecule has 0 aliphatic carbocycles. The molecule has 128 valence electrons. The predicted molar refractivity (Wildman–Crippen MR) is 82.8 cm³/mol. The summed E-state index contributed by atoms with van der Waals surface area (Å²) in [6, 6.07) is 6.02. The fraction of sp³-hybridized carbons (Fsp3) is 0.438. The molecule has 2 N–H and O–H groups in total. The van der Waals surface area contributed by atoms with Gasteiger partial charge in [-0.15, -0.1) is 0 Å². The highest BCUT2D eigenvalue weighted by atomic mass is 19.1. The molecule has 0 radical (unpaired) electrons. The minimum Gasteiger partial charge on any atom is -0.482 e. The summed E-state index contributed by atoms with van der Waals surface area (Å²) in [7, 11) is 0. The van der Waals surface area contributed by atoms with Crippen molar-refractivity contribution < 1.29 is 18.4 Å². The smallest absolute Gasteiger partial charge is 0.237 e. The highest BCUT2D eigenvalue weighted by Crippen LogP contribution is 2.16. The summed E-state index contributed by atoms with van der Waals surface area (Å²) in [5.41, 5.74) is 0. The molecule has 1 aromatic heterocycles. The summed E-state index contributed by atoms with van der Waals surface area (Å²) in [6.45, 7) is 1.32. The highest BCUT2D eigenvalue weighted by Gasteiger charge is 2.21. The van der Waals surface area contributed by atoms with E-state index >= 15 is 0 Å². The van der Waals surface area contributed by atoms with E-state index in [1.807, 2.05) is 0 Å². The van der Waals surface area contributed by atoms with Gasteiger partial charge in [-0.2, -0.15) is 4.98 Å². The van der Waals surface area contributed by atoms with Gasteiger partial charge < -0.3 is 19.9 Å². The van der Waals surface area contributed by atoms with Crippen molar-refractivity contribution in [3.63, 3.8) is 0 Å².